The van der Waals surface area contributed by atoms with Crippen LogP contribution in [0.2, 0.25) is 0 Å². The molecule has 1 heterocycles. The number of carbonyl (C=O) groups excluding carboxylic acids is 2. The summed E-state index contributed by atoms with van der Waals surface area (Å²) in [6.45, 7) is 11.0. The summed E-state index contributed by atoms with van der Waals surface area (Å²) in [6.07, 6.45) is 7.13. The molecule has 1 fully saturated rings. The maximum Gasteiger partial charge on any atom is 0.248 e. The molecule has 0 aromatic carbocycles. The minimum Gasteiger partial charge on any atom is -0.354 e. The van der Waals surface area contributed by atoms with Crippen LogP contribution in [0.4, 0.5) is 0 Å². The predicted octanol–water partition coefficient (Wildman–Crippen LogP) is 3.97. The van der Waals surface area contributed by atoms with Crippen molar-refractivity contribution >= 4 is 23.6 Å². The van der Waals surface area contributed by atoms with E-state index in [9.17, 15) is 9.59 Å². The minimum atomic E-state index is -0.340. The maximum absolute atomic E-state index is 12.6. The number of amides is 2. The lowest BCUT2D eigenvalue weighted by Crippen LogP contribution is -2.49. The number of hydrogen-bond donors (Lipinski definition) is 1. The molecule has 0 aromatic rings. The van der Waals surface area contributed by atoms with E-state index in [4.69, 9.17) is 0 Å². The Morgan fingerprint density at radius 2 is 1.96 bits per heavy atom. The summed E-state index contributed by atoms with van der Waals surface area (Å²) in [5, 5.41) is 3.13. The molecule has 0 bridgehead atoms. The van der Waals surface area contributed by atoms with Crippen LogP contribution in [0.1, 0.15) is 66.7 Å². The highest BCUT2D eigenvalue weighted by Gasteiger charge is 2.40. The summed E-state index contributed by atoms with van der Waals surface area (Å²) >= 11 is 1.73. The first-order valence-electron chi connectivity index (χ1n) is 9.23. The van der Waals surface area contributed by atoms with Gasteiger partial charge in [-0.3, -0.25) is 9.59 Å². The maximum atomic E-state index is 12.6. The lowest BCUT2D eigenvalue weighted by molar-refractivity contribution is -0.136. The van der Waals surface area contributed by atoms with Crippen LogP contribution in [0.3, 0.4) is 0 Å². The van der Waals surface area contributed by atoms with Crippen LogP contribution >= 0.6 is 11.8 Å². The molecule has 24 heavy (non-hydrogen) atoms. The number of unbranched alkanes of at least 4 members (excludes halogenated alkanes) is 3. The molecular formula is C19H34N2O2S. The van der Waals surface area contributed by atoms with E-state index >= 15 is 0 Å². The summed E-state index contributed by atoms with van der Waals surface area (Å²) in [4.78, 5) is 27.0. The quantitative estimate of drug-likeness (QED) is 0.503. The van der Waals surface area contributed by atoms with Gasteiger partial charge in [0.2, 0.25) is 11.8 Å². The van der Waals surface area contributed by atoms with Gasteiger partial charge < -0.3 is 10.2 Å². The first kappa shape index (κ1) is 21.1. The topological polar surface area (TPSA) is 49.4 Å². The molecule has 0 spiro atoms. The molecule has 0 aromatic heterocycles. The Morgan fingerprint density at radius 1 is 1.25 bits per heavy atom. The van der Waals surface area contributed by atoms with Gasteiger partial charge in [-0.15, -0.1) is 11.8 Å². The molecule has 1 aliphatic heterocycles. The van der Waals surface area contributed by atoms with Crippen LogP contribution in [0.15, 0.2) is 11.6 Å². The first-order valence-corrected chi connectivity index (χ1v) is 10.3. The van der Waals surface area contributed by atoms with Crippen LogP contribution in [0, 0.1) is 5.92 Å². The molecule has 4 nitrogen and oxygen atoms in total. The van der Waals surface area contributed by atoms with E-state index in [1.54, 1.807) is 22.7 Å². The minimum absolute atomic E-state index is 0.000704. The highest BCUT2D eigenvalue weighted by molar-refractivity contribution is 8.00. The molecule has 2 unspecified atom stereocenters. The number of carbonyl (C=O) groups is 2. The average molecular weight is 355 g/mol. The van der Waals surface area contributed by atoms with E-state index in [1.807, 2.05) is 13.8 Å². The van der Waals surface area contributed by atoms with Crippen molar-refractivity contribution in [2.24, 2.45) is 5.92 Å². The Kier molecular flexibility index (Phi) is 9.49. The number of nitrogens with one attached hydrogen (secondary N) is 1. The fraction of sp³-hybridized carbons (Fsp3) is 0.789. The predicted molar refractivity (Wildman–Crippen MR) is 103 cm³/mol. The van der Waals surface area contributed by atoms with Crippen molar-refractivity contribution in [2.75, 3.05) is 12.3 Å². The van der Waals surface area contributed by atoms with Gasteiger partial charge in [0.05, 0.1) is 5.37 Å². The normalized spacial score (nSPS) is 20.3. The van der Waals surface area contributed by atoms with Gasteiger partial charge in [-0.2, -0.15) is 0 Å². The third-order valence-electron chi connectivity index (χ3n) is 4.06. The Bertz CT molecular complexity index is 445. The molecule has 5 heteroatoms. The molecule has 0 aliphatic carbocycles. The number of hydrogen-bond acceptors (Lipinski definition) is 3. The van der Waals surface area contributed by atoms with Gasteiger partial charge in [-0.25, -0.2) is 0 Å². The second kappa shape index (κ2) is 10.8. The Hall–Kier alpha value is -0.970. The number of rotatable bonds is 9. The van der Waals surface area contributed by atoms with Crippen molar-refractivity contribution < 1.29 is 9.59 Å². The molecule has 1 aliphatic rings. The molecule has 1 rings (SSSR count). The molecule has 138 valence electrons. The van der Waals surface area contributed by atoms with Gasteiger partial charge >= 0.3 is 0 Å². The Balaban J connectivity index is 2.70. The highest BCUT2D eigenvalue weighted by atomic mass is 32.2. The smallest absolute Gasteiger partial charge is 0.248 e. The molecule has 0 radical (unpaired) electrons. The molecule has 2 atom stereocenters. The van der Waals surface area contributed by atoms with Crippen molar-refractivity contribution in [3.8, 4) is 0 Å². The van der Waals surface area contributed by atoms with Gasteiger partial charge in [0, 0.05) is 18.4 Å². The summed E-state index contributed by atoms with van der Waals surface area (Å²) in [5.74, 6) is 1.17. The van der Waals surface area contributed by atoms with Crippen LogP contribution in [-0.4, -0.2) is 40.4 Å². The van der Waals surface area contributed by atoms with E-state index in [-0.39, 0.29) is 23.2 Å². The Labute approximate surface area is 151 Å². The zero-order valence-corrected chi connectivity index (χ0v) is 16.7. The van der Waals surface area contributed by atoms with Crippen LogP contribution < -0.4 is 5.32 Å². The van der Waals surface area contributed by atoms with Crippen LogP contribution in [0.25, 0.3) is 0 Å². The number of nitrogens with zero attached hydrogens (tertiary/aromatic N) is 1. The standard InChI is InChI=1S/C19H34N2O2S/c1-6-7-8-9-10-20-19(23)16-13-24-18(12-15(4)5)21(16)17(22)11-14(2)3/h11,15-16,18H,6-10,12-13H2,1-5H3,(H,20,23). The summed E-state index contributed by atoms with van der Waals surface area (Å²) in [5.41, 5.74) is 0.971. The van der Waals surface area contributed by atoms with Crippen molar-refractivity contribution in [1.29, 1.82) is 0 Å². The van der Waals surface area contributed by atoms with Crippen molar-refractivity contribution in [3.05, 3.63) is 11.6 Å². The van der Waals surface area contributed by atoms with Gasteiger partial charge in [-0.1, -0.05) is 45.6 Å². The fourth-order valence-electron chi connectivity index (χ4n) is 2.85. The van der Waals surface area contributed by atoms with Gasteiger partial charge in [0.1, 0.15) is 6.04 Å². The zero-order valence-electron chi connectivity index (χ0n) is 15.9. The lowest BCUT2D eigenvalue weighted by atomic mass is 10.1. The SMILES string of the molecule is CCCCCCNC(=O)C1CSC(CC(C)C)N1C(=O)C=C(C)C. The Morgan fingerprint density at radius 3 is 2.54 bits per heavy atom. The van der Waals surface area contributed by atoms with Crippen LogP contribution in [0.5, 0.6) is 0 Å². The van der Waals surface area contributed by atoms with E-state index in [1.165, 1.54) is 12.8 Å². The second-order valence-electron chi connectivity index (χ2n) is 7.25. The molecule has 1 N–H and O–H groups in total. The zero-order chi connectivity index (χ0) is 18.1. The second-order valence-corrected chi connectivity index (χ2v) is 8.46. The van der Waals surface area contributed by atoms with Gasteiger partial charge in [-0.05, 0) is 32.6 Å². The van der Waals surface area contributed by atoms with E-state index < -0.39 is 0 Å². The van der Waals surface area contributed by atoms with Crippen molar-refractivity contribution in [3.63, 3.8) is 0 Å². The fourth-order valence-corrected chi connectivity index (χ4v) is 4.50. The van der Waals surface area contributed by atoms with Gasteiger partial charge in [0.25, 0.3) is 0 Å². The monoisotopic (exact) mass is 354 g/mol. The van der Waals surface area contributed by atoms with Crippen LogP contribution in [-0.2, 0) is 9.59 Å². The van der Waals surface area contributed by atoms with Crippen molar-refractivity contribution in [2.45, 2.75) is 78.1 Å². The summed E-state index contributed by atoms with van der Waals surface area (Å²) < 4.78 is 0. The third-order valence-corrected chi connectivity index (χ3v) is 5.38. The van der Waals surface area contributed by atoms with Gasteiger partial charge in [0.15, 0.2) is 0 Å². The molecule has 0 saturated carbocycles. The molecule has 1 saturated heterocycles. The third kappa shape index (κ3) is 6.88. The van der Waals surface area contributed by atoms with E-state index in [2.05, 4.69) is 26.1 Å². The average Bonchev–Trinajstić information content (AvgIpc) is 2.89. The lowest BCUT2D eigenvalue weighted by Gasteiger charge is -2.29. The van der Waals surface area contributed by atoms with E-state index in [0.717, 1.165) is 24.8 Å². The van der Waals surface area contributed by atoms with E-state index in [0.29, 0.717) is 18.2 Å². The number of thioether (sulfide) groups is 1. The molecule has 2 amide bonds. The number of allylic oxidation sites excluding steroid dienone is 1. The summed E-state index contributed by atoms with van der Waals surface area (Å²) in [6, 6.07) is -0.340. The molecular weight excluding hydrogens is 320 g/mol. The summed E-state index contributed by atoms with van der Waals surface area (Å²) in [7, 11) is 0. The van der Waals surface area contributed by atoms with Crippen molar-refractivity contribution in [1.82, 2.24) is 10.2 Å². The largest absolute Gasteiger partial charge is 0.354 e. The first-order chi connectivity index (χ1) is 11.4. The highest BCUT2D eigenvalue weighted by Crippen LogP contribution is 2.33.